The van der Waals surface area contributed by atoms with Gasteiger partial charge in [0.2, 0.25) is 0 Å². The molecule has 0 unspecified atom stereocenters. The van der Waals surface area contributed by atoms with Gasteiger partial charge in [0, 0.05) is 11.4 Å². The first kappa shape index (κ1) is 18.9. The minimum atomic E-state index is -0.0718. The number of carbonyl (C=O) groups excluding carboxylic acids is 1. The molecule has 0 aliphatic carbocycles. The second-order valence-corrected chi connectivity index (χ2v) is 8.13. The summed E-state index contributed by atoms with van der Waals surface area (Å²) in [5, 5.41) is 5.17. The average Bonchev–Trinajstić information content (AvgIpc) is 3.17. The van der Waals surface area contributed by atoms with E-state index in [-0.39, 0.29) is 18.6 Å². The molecule has 5 heteroatoms. The third-order valence-corrected chi connectivity index (χ3v) is 5.99. The van der Waals surface area contributed by atoms with Crippen LogP contribution in [0.1, 0.15) is 36.2 Å². The lowest BCUT2D eigenvalue weighted by Crippen LogP contribution is -2.42. The Morgan fingerprint density at radius 1 is 1.27 bits per heavy atom. The van der Waals surface area contributed by atoms with Crippen molar-refractivity contribution in [1.82, 2.24) is 10.2 Å². The number of likely N-dealkylation sites (tertiary alicyclic amines) is 1. The zero-order valence-corrected chi connectivity index (χ0v) is 16.4. The molecule has 1 aliphatic heterocycles. The topological polar surface area (TPSA) is 41.6 Å². The molecule has 1 saturated heterocycles. The van der Waals surface area contributed by atoms with Crippen LogP contribution in [0, 0.1) is 12.8 Å². The average molecular weight is 373 g/mol. The molecule has 3 rings (SSSR count). The van der Waals surface area contributed by atoms with E-state index in [1.165, 1.54) is 23.3 Å². The maximum absolute atomic E-state index is 12.2. The zero-order valence-electron chi connectivity index (χ0n) is 15.6. The van der Waals surface area contributed by atoms with Gasteiger partial charge in [-0.1, -0.05) is 30.7 Å². The number of rotatable bonds is 7. The molecule has 140 valence electrons. The second-order valence-electron chi connectivity index (χ2n) is 7.16. The van der Waals surface area contributed by atoms with Crippen LogP contribution in [0.4, 0.5) is 0 Å². The number of hydrogen-bond acceptors (Lipinski definition) is 4. The molecule has 2 aromatic rings. The molecule has 1 amide bonds. The van der Waals surface area contributed by atoms with Crippen LogP contribution in [0.15, 0.2) is 41.8 Å². The Morgan fingerprint density at radius 3 is 2.65 bits per heavy atom. The molecule has 1 aromatic heterocycles. The van der Waals surface area contributed by atoms with Crippen LogP contribution in [0.5, 0.6) is 5.75 Å². The van der Waals surface area contributed by atoms with Crippen LogP contribution in [0.3, 0.4) is 0 Å². The number of hydrogen-bond donors (Lipinski definition) is 1. The molecular formula is C21H28N2O2S. The van der Waals surface area contributed by atoms with Crippen molar-refractivity contribution in [2.24, 2.45) is 5.92 Å². The number of nitrogens with one attached hydrogen (secondary N) is 1. The fourth-order valence-electron chi connectivity index (χ4n) is 3.28. The van der Waals surface area contributed by atoms with Crippen molar-refractivity contribution >= 4 is 17.2 Å². The van der Waals surface area contributed by atoms with E-state index in [0.29, 0.717) is 6.54 Å². The van der Waals surface area contributed by atoms with E-state index in [2.05, 4.69) is 34.7 Å². The van der Waals surface area contributed by atoms with Crippen LogP contribution in [0.25, 0.3) is 0 Å². The standard InChI is InChI=1S/C21H28N2O2S/c1-16-5-7-18(8-6-16)25-15-21(24)22-14-19(20-4-3-13-26-20)23-11-9-17(2)10-12-23/h3-8,13,17,19H,9-12,14-15H2,1-2H3,(H,22,24)/t19-/m1/s1. The van der Waals surface area contributed by atoms with E-state index in [1.807, 2.05) is 31.2 Å². The summed E-state index contributed by atoms with van der Waals surface area (Å²) in [6.45, 7) is 7.23. The van der Waals surface area contributed by atoms with Crippen molar-refractivity contribution < 1.29 is 9.53 Å². The van der Waals surface area contributed by atoms with Crippen molar-refractivity contribution in [2.45, 2.75) is 32.7 Å². The van der Waals surface area contributed by atoms with Crippen molar-refractivity contribution in [1.29, 1.82) is 0 Å². The van der Waals surface area contributed by atoms with E-state index in [1.54, 1.807) is 11.3 Å². The summed E-state index contributed by atoms with van der Waals surface area (Å²) in [5.41, 5.74) is 1.18. The molecule has 0 spiro atoms. The van der Waals surface area contributed by atoms with E-state index in [4.69, 9.17) is 4.74 Å². The monoisotopic (exact) mass is 372 g/mol. The van der Waals surface area contributed by atoms with Gasteiger partial charge in [-0.25, -0.2) is 0 Å². The lowest BCUT2D eigenvalue weighted by Gasteiger charge is -2.36. The first-order valence-electron chi connectivity index (χ1n) is 9.35. The summed E-state index contributed by atoms with van der Waals surface area (Å²) in [6, 6.07) is 12.3. The van der Waals surface area contributed by atoms with Gasteiger partial charge in [-0.3, -0.25) is 9.69 Å². The number of carbonyl (C=O) groups is 1. The van der Waals surface area contributed by atoms with Crippen LogP contribution >= 0.6 is 11.3 Å². The summed E-state index contributed by atoms with van der Waals surface area (Å²) in [4.78, 5) is 16.1. The van der Waals surface area contributed by atoms with Gasteiger partial charge in [-0.05, 0) is 62.4 Å². The number of ether oxygens (including phenoxy) is 1. The third kappa shape index (κ3) is 5.32. The van der Waals surface area contributed by atoms with Gasteiger partial charge in [-0.15, -0.1) is 11.3 Å². The number of thiophene rings is 1. The summed E-state index contributed by atoms with van der Waals surface area (Å²) in [7, 11) is 0. The van der Waals surface area contributed by atoms with Gasteiger partial charge in [-0.2, -0.15) is 0 Å². The van der Waals surface area contributed by atoms with E-state index < -0.39 is 0 Å². The summed E-state index contributed by atoms with van der Waals surface area (Å²) in [6.07, 6.45) is 2.46. The first-order valence-corrected chi connectivity index (χ1v) is 10.2. The molecule has 1 fully saturated rings. The Balaban J connectivity index is 1.52. The van der Waals surface area contributed by atoms with Gasteiger partial charge >= 0.3 is 0 Å². The Morgan fingerprint density at radius 2 is 2.00 bits per heavy atom. The predicted octanol–water partition coefficient (Wildman–Crippen LogP) is 4.02. The molecule has 0 bridgehead atoms. The number of benzene rings is 1. The second kappa shape index (κ2) is 9.19. The van der Waals surface area contributed by atoms with Crippen molar-refractivity contribution in [3.05, 3.63) is 52.2 Å². The minimum Gasteiger partial charge on any atom is -0.484 e. The molecule has 26 heavy (non-hydrogen) atoms. The fourth-order valence-corrected chi connectivity index (χ4v) is 4.14. The quantitative estimate of drug-likeness (QED) is 0.798. The molecule has 4 nitrogen and oxygen atoms in total. The lowest BCUT2D eigenvalue weighted by atomic mass is 9.97. The molecule has 2 heterocycles. The van der Waals surface area contributed by atoms with Crippen molar-refractivity contribution in [3.63, 3.8) is 0 Å². The zero-order chi connectivity index (χ0) is 18.4. The maximum atomic E-state index is 12.2. The summed E-state index contributed by atoms with van der Waals surface area (Å²) in [5.74, 6) is 1.45. The Kier molecular flexibility index (Phi) is 6.69. The van der Waals surface area contributed by atoms with Gasteiger partial charge in [0.15, 0.2) is 6.61 Å². The highest BCUT2D eigenvalue weighted by molar-refractivity contribution is 7.10. The normalized spacial score (nSPS) is 17.0. The third-order valence-electron chi connectivity index (χ3n) is 5.01. The molecule has 1 aromatic carbocycles. The van der Waals surface area contributed by atoms with Crippen molar-refractivity contribution in [2.75, 3.05) is 26.2 Å². The first-order chi connectivity index (χ1) is 12.6. The molecule has 0 saturated carbocycles. The van der Waals surface area contributed by atoms with Crippen LogP contribution in [-0.2, 0) is 4.79 Å². The van der Waals surface area contributed by atoms with E-state index >= 15 is 0 Å². The molecule has 1 aliphatic rings. The van der Waals surface area contributed by atoms with Gasteiger partial charge in [0.1, 0.15) is 5.75 Å². The van der Waals surface area contributed by atoms with Crippen LogP contribution < -0.4 is 10.1 Å². The van der Waals surface area contributed by atoms with Crippen molar-refractivity contribution in [3.8, 4) is 5.75 Å². The van der Waals surface area contributed by atoms with E-state index in [9.17, 15) is 4.79 Å². The Labute approximate surface area is 160 Å². The van der Waals surface area contributed by atoms with Gasteiger partial charge < -0.3 is 10.1 Å². The van der Waals surface area contributed by atoms with Gasteiger partial charge in [0.05, 0.1) is 6.04 Å². The minimum absolute atomic E-state index is 0.0528. The SMILES string of the molecule is Cc1ccc(OCC(=O)NC[C@H](c2cccs2)N2CCC(C)CC2)cc1. The summed E-state index contributed by atoms with van der Waals surface area (Å²) < 4.78 is 5.58. The van der Waals surface area contributed by atoms with Crippen LogP contribution in [0.2, 0.25) is 0 Å². The Hall–Kier alpha value is -1.85. The largest absolute Gasteiger partial charge is 0.484 e. The Bertz CT molecular complexity index is 677. The molecule has 1 atom stereocenters. The highest BCUT2D eigenvalue weighted by Gasteiger charge is 2.25. The number of aryl methyl sites for hydroxylation is 1. The highest BCUT2D eigenvalue weighted by Crippen LogP contribution is 2.29. The fraction of sp³-hybridized carbons (Fsp3) is 0.476. The summed E-state index contributed by atoms with van der Waals surface area (Å²) >= 11 is 1.76. The number of amides is 1. The maximum Gasteiger partial charge on any atom is 0.258 e. The molecule has 0 radical (unpaired) electrons. The smallest absolute Gasteiger partial charge is 0.258 e. The van der Waals surface area contributed by atoms with Gasteiger partial charge in [0.25, 0.3) is 5.91 Å². The predicted molar refractivity (Wildman–Crippen MR) is 107 cm³/mol. The number of nitrogens with zero attached hydrogens (tertiary/aromatic N) is 1. The van der Waals surface area contributed by atoms with Crippen LogP contribution in [-0.4, -0.2) is 37.0 Å². The lowest BCUT2D eigenvalue weighted by molar-refractivity contribution is -0.123. The molecular weight excluding hydrogens is 344 g/mol. The highest BCUT2D eigenvalue weighted by atomic mass is 32.1. The number of piperidine rings is 1. The van der Waals surface area contributed by atoms with E-state index in [0.717, 1.165) is 24.8 Å². The molecule has 1 N–H and O–H groups in total.